The molecule has 2 fully saturated rings. The average Bonchev–Trinajstić information content (AvgIpc) is 2.91. The maximum atomic E-state index is 12.9. The number of hydrogen-bond acceptors (Lipinski definition) is 3. The maximum Gasteiger partial charge on any atom is 0.254 e. The van der Waals surface area contributed by atoms with E-state index >= 15 is 0 Å². The quantitative estimate of drug-likeness (QED) is 0.931. The molecule has 0 spiro atoms. The molecule has 1 aromatic heterocycles. The molecule has 126 valence electrons. The summed E-state index contributed by atoms with van der Waals surface area (Å²) >= 11 is 0. The fourth-order valence-electron chi connectivity index (χ4n) is 4.41. The maximum absolute atomic E-state index is 12.9. The van der Waals surface area contributed by atoms with Crippen molar-refractivity contribution in [3.05, 3.63) is 33.7 Å². The van der Waals surface area contributed by atoms with Crippen LogP contribution in [0.15, 0.2) is 16.9 Å². The number of fused-ring (bicyclic) bond motifs is 1. The Hall–Kier alpha value is -1.62. The largest absolute Gasteiger partial charge is 0.377 e. The van der Waals surface area contributed by atoms with Gasteiger partial charge in [-0.25, -0.2) is 0 Å². The van der Waals surface area contributed by atoms with Crippen LogP contribution in [0.25, 0.3) is 0 Å². The van der Waals surface area contributed by atoms with E-state index in [1.54, 1.807) is 6.07 Å². The zero-order valence-corrected chi connectivity index (χ0v) is 14.6. The second-order valence-electron chi connectivity index (χ2n) is 7.77. The highest BCUT2D eigenvalue weighted by Crippen LogP contribution is 2.54. The van der Waals surface area contributed by atoms with E-state index in [1.165, 1.54) is 6.07 Å². The van der Waals surface area contributed by atoms with E-state index in [0.29, 0.717) is 11.5 Å². The lowest BCUT2D eigenvalue weighted by Gasteiger charge is -2.57. The number of aromatic amines is 1. The molecule has 0 aromatic carbocycles. The van der Waals surface area contributed by atoms with Crippen LogP contribution in [0.5, 0.6) is 0 Å². The van der Waals surface area contributed by atoms with E-state index in [-0.39, 0.29) is 34.9 Å². The van der Waals surface area contributed by atoms with Gasteiger partial charge in [-0.3, -0.25) is 9.59 Å². The third kappa shape index (κ3) is 2.51. The molecule has 2 heterocycles. The fraction of sp³-hybridized carbons (Fsp3) is 0.667. The van der Waals surface area contributed by atoms with Crippen molar-refractivity contribution in [1.82, 2.24) is 9.88 Å². The molecule has 3 atom stereocenters. The van der Waals surface area contributed by atoms with Crippen LogP contribution >= 0.6 is 0 Å². The molecule has 0 bridgehead atoms. The Bertz CT molecular complexity index is 677. The number of carbonyl (C=O) groups is 1. The van der Waals surface area contributed by atoms with Gasteiger partial charge in [0.15, 0.2) is 0 Å². The summed E-state index contributed by atoms with van der Waals surface area (Å²) in [6.45, 7) is 9.09. The van der Waals surface area contributed by atoms with Gasteiger partial charge in [-0.05, 0) is 18.4 Å². The molecule has 1 amide bonds. The van der Waals surface area contributed by atoms with E-state index in [1.807, 2.05) is 25.8 Å². The van der Waals surface area contributed by atoms with Gasteiger partial charge in [-0.2, -0.15) is 0 Å². The first-order chi connectivity index (χ1) is 10.7. The standard InChI is InChI=1S/C18H26N2O3/c1-10(2)13-8-11(9-14(21)19-13)17(22)20(5)15-12-6-7-23-16(12)18(15,3)4/h8-10,12,15-16H,6-7H2,1-5H3,(H,19,21)/t12-,15+,16+/m0/s1. The Labute approximate surface area is 137 Å². The molecular formula is C18H26N2O3. The monoisotopic (exact) mass is 318 g/mol. The van der Waals surface area contributed by atoms with E-state index < -0.39 is 0 Å². The second kappa shape index (κ2) is 5.48. The minimum Gasteiger partial charge on any atom is -0.377 e. The molecule has 0 radical (unpaired) electrons. The molecule has 1 saturated heterocycles. The molecule has 1 aliphatic carbocycles. The van der Waals surface area contributed by atoms with Gasteiger partial charge in [-0.15, -0.1) is 0 Å². The topological polar surface area (TPSA) is 62.4 Å². The van der Waals surface area contributed by atoms with Crippen molar-refractivity contribution in [3.63, 3.8) is 0 Å². The second-order valence-corrected chi connectivity index (χ2v) is 7.77. The molecule has 1 saturated carbocycles. The Morgan fingerprint density at radius 3 is 2.74 bits per heavy atom. The van der Waals surface area contributed by atoms with E-state index in [2.05, 4.69) is 18.8 Å². The van der Waals surface area contributed by atoms with Crippen LogP contribution < -0.4 is 5.56 Å². The Morgan fingerprint density at radius 1 is 1.39 bits per heavy atom. The van der Waals surface area contributed by atoms with Crippen molar-refractivity contribution >= 4 is 5.91 Å². The lowest BCUT2D eigenvalue weighted by atomic mass is 9.56. The van der Waals surface area contributed by atoms with E-state index in [0.717, 1.165) is 18.7 Å². The lowest BCUT2D eigenvalue weighted by Crippen LogP contribution is -2.66. The molecule has 0 unspecified atom stereocenters. The molecule has 23 heavy (non-hydrogen) atoms. The molecule has 2 aliphatic rings. The van der Waals surface area contributed by atoms with Crippen molar-refractivity contribution in [3.8, 4) is 0 Å². The smallest absolute Gasteiger partial charge is 0.254 e. The first-order valence-electron chi connectivity index (χ1n) is 8.36. The number of H-pyrrole nitrogens is 1. The van der Waals surface area contributed by atoms with Gasteiger partial charge in [0.1, 0.15) is 0 Å². The van der Waals surface area contributed by atoms with Crippen molar-refractivity contribution < 1.29 is 9.53 Å². The highest BCUT2D eigenvalue weighted by atomic mass is 16.5. The summed E-state index contributed by atoms with van der Waals surface area (Å²) in [5, 5.41) is 0. The molecule has 1 aliphatic heterocycles. The molecular weight excluding hydrogens is 292 g/mol. The van der Waals surface area contributed by atoms with Gasteiger partial charge in [0.2, 0.25) is 5.56 Å². The van der Waals surface area contributed by atoms with Crippen molar-refractivity contribution in [1.29, 1.82) is 0 Å². The number of pyridine rings is 1. The Morgan fingerprint density at radius 2 is 2.09 bits per heavy atom. The number of nitrogens with zero attached hydrogens (tertiary/aromatic N) is 1. The number of nitrogens with one attached hydrogen (secondary N) is 1. The molecule has 1 aromatic rings. The number of ether oxygens (including phenoxy) is 1. The molecule has 3 rings (SSSR count). The van der Waals surface area contributed by atoms with Crippen LogP contribution in [0, 0.1) is 11.3 Å². The number of amides is 1. The molecule has 1 N–H and O–H groups in total. The van der Waals surface area contributed by atoms with Crippen LogP contribution in [0.2, 0.25) is 0 Å². The predicted octanol–water partition coefficient (Wildman–Crippen LogP) is 2.38. The van der Waals surface area contributed by atoms with Gasteiger partial charge in [-0.1, -0.05) is 27.7 Å². The van der Waals surface area contributed by atoms with Gasteiger partial charge >= 0.3 is 0 Å². The van der Waals surface area contributed by atoms with Crippen LogP contribution in [0.4, 0.5) is 0 Å². The Kier molecular flexibility index (Phi) is 3.87. The zero-order valence-electron chi connectivity index (χ0n) is 14.6. The van der Waals surface area contributed by atoms with Gasteiger partial charge in [0.25, 0.3) is 5.91 Å². The predicted molar refractivity (Wildman–Crippen MR) is 88.7 cm³/mol. The van der Waals surface area contributed by atoms with Crippen LogP contribution in [-0.2, 0) is 4.74 Å². The summed E-state index contributed by atoms with van der Waals surface area (Å²) in [5.74, 6) is 0.500. The summed E-state index contributed by atoms with van der Waals surface area (Å²) in [6, 6.07) is 3.36. The number of aromatic nitrogens is 1. The molecule has 5 nitrogen and oxygen atoms in total. The van der Waals surface area contributed by atoms with Crippen molar-refractivity contribution in [2.24, 2.45) is 11.3 Å². The minimum absolute atomic E-state index is 0.0480. The third-order valence-electron chi connectivity index (χ3n) is 5.51. The number of hydrogen-bond donors (Lipinski definition) is 1. The first-order valence-corrected chi connectivity index (χ1v) is 8.36. The van der Waals surface area contributed by atoms with E-state index in [4.69, 9.17) is 4.74 Å². The highest BCUT2D eigenvalue weighted by molar-refractivity contribution is 5.94. The highest BCUT2D eigenvalue weighted by Gasteiger charge is 2.61. The molecule has 5 heteroatoms. The number of rotatable bonds is 3. The Balaban J connectivity index is 1.87. The van der Waals surface area contributed by atoms with Crippen LogP contribution in [0.3, 0.4) is 0 Å². The zero-order chi connectivity index (χ0) is 16.9. The average molecular weight is 318 g/mol. The van der Waals surface area contributed by atoms with Crippen LogP contribution in [-0.4, -0.2) is 41.6 Å². The summed E-state index contributed by atoms with van der Waals surface area (Å²) in [4.78, 5) is 29.4. The summed E-state index contributed by atoms with van der Waals surface area (Å²) < 4.78 is 5.81. The number of carbonyl (C=O) groups excluding carboxylic acids is 1. The van der Waals surface area contributed by atoms with Crippen LogP contribution in [0.1, 0.15) is 56.1 Å². The van der Waals surface area contributed by atoms with Gasteiger partial charge < -0.3 is 14.6 Å². The first kappa shape index (κ1) is 16.2. The van der Waals surface area contributed by atoms with E-state index in [9.17, 15) is 9.59 Å². The fourth-order valence-corrected chi connectivity index (χ4v) is 4.41. The van der Waals surface area contributed by atoms with Crippen molar-refractivity contribution in [2.45, 2.75) is 52.2 Å². The SMILES string of the molecule is CC(C)c1cc(C(=O)N(C)[C@@H]2[C@@H]3CCO[C@H]3C2(C)C)cc(=O)[nH]1. The minimum atomic E-state index is -0.220. The summed E-state index contributed by atoms with van der Waals surface area (Å²) in [5.41, 5.74) is 0.999. The third-order valence-corrected chi connectivity index (χ3v) is 5.51. The van der Waals surface area contributed by atoms with Gasteiger partial charge in [0, 0.05) is 48.4 Å². The summed E-state index contributed by atoms with van der Waals surface area (Å²) in [7, 11) is 1.85. The van der Waals surface area contributed by atoms with Gasteiger partial charge in [0.05, 0.1) is 6.10 Å². The van der Waals surface area contributed by atoms with Crippen molar-refractivity contribution in [2.75, 3.05) is 13.7 Å². The summed E-state index contributed by atoms with van der Waals surface area (Å²) in [6.07, 6.45) is 1.25. The lowest BCUT2D eigenvalue weighted by molar-refractivity contribution is -0.139. The normalized spacial score (nSPS) is 28.3.